The van der Waals surface area contributed by atoms with Crippen molar-refractivity contribution in [2.75, 3.05) is 5.75 Å². The first kappa shape index (κ1) is 14.2. The molecule has 0 unspecified atom stereocenters. The summed E-state index contributed by atoms with van der Waals surface area (Å²) in [4.78, 5) is 0. The second-order valence-corrected chi connectivity index (χ2v) is 14.6. The summed E-state index contributed by atoms with van der Waals surface area (Å²) in [5.74, 6) is 0.315. The number of nitrogens with zero attached hydrogens (tertiary/aromatic N) is 1. The van der Waals surface area contributed by atoms with E-state index < -0.39 is 18.1 Å². The predicted molar refractivity (Wildman–Crippen MR) is 71.9 cm³/mol. The molecule has 1 saturated heterocycles. The van der Waals surface area contributed by atoms with Crippen LogP contribution in [0.3, 0.4) is 0 Å². The van der Waals surface area contributed by atoms with E-state index in [9.17, 15) is 8.42 Å². The second-order valence-electron chi connectivity index (χ2n) is 7.01. The molecule has 16 heavy (non-hydrogen) atoms. The first-order chi connectivity index (χ1) is 6.82. The van der Waals surface area contributed by atoms with E-state index in [1.807, 2.05) is 27.7 Å². The molecule has 1 rings (SSSR count). The average molecular weight is 263 g/mol. The van der Waals surface area contributed by atoms with Gasteiger partial charge in [0.15, 0.2) is 0 Å². The zero-order valence-electron chi connectivity index (χ0n) is 11.6. The third-order valence-corrected chi connectivity index (χ3v) is 8.15. The molecule has 1 aliphatic heterocycles. The molecule has 1 heterocycles. The summed E-state index contributed by atoms with van der Waals surface area (Å²) < 4.78 is 26.1. The van der Waals surface area contributed by atoms with Crippen LogP contribution in [0.5, 0.6) is 0 Å². The number of sulfonamides is 1. The zero-order valence-corrected chi connectivity index (χ0v) is 13.4. The Morgan fingerprint density at radius 1 is 1.00 bits per heavy atom. The van der Waals surface area contributed by atoms with Gasteiger partial charge in [0.25, 0.3) is 0 Å². The molecule has 0 N–H and O–H groups in total. The normalized spacial score (nSPS) is 24.4. The van der Waals surface area contributed by atoms with Crippen molar-refractivity contribution in [1.29, 1.82) is 0 Å². The summed E-state index contributed by atoms with van der Waals surface area (Å²) in [7, 11) is -4.35. The molecule has 0 aliphatic carbocycles. The Morgan fingerprint density at radius 3 is 1.62 bits per heavy atom. The molecule has 0 aromatic carbocycles. The molecule has 0 spiro atoms. The highest BCUT2D eigenvalue weighted by molar-refractivity contribution is 7.89. The minimum atomic E-state index is -3.07. The van der Waals surface area contributed by atoms with E-state index in [-0.39, 0.29) is 11.1 Å². The van der Waals surface area contributed by atoms with Crippen molar-refractivity contribution in [1.82, 2.24) is 4.31 Å². The molecule has 1 aliphatic rings. The van der Waals surface area contributed by atoms with E-state index in [4.69, 9.17) is 0 Å². The molecule has 0 bridgehead atoms. The van der Waals surface area contributed by atoms with Gasteiger partial charge in [0.05, 0.1) is 5.75 Å². The lowest BCUT2D eigenvalue weighted by Crippen LogP contribution is -2.29. The lowest BCUT2D eigenvalue weighted by Gasteiger charge is -2.17. The van der Waals surface area contributed by atoms with Gasteiger partial charge in [-0.25, -0.2) is 8.42 Å². The topological polar surface area (TPSA) is 37.1 Å². The van der Waals surface area contributed by atoms with Crippen LogP contribution in [0.25, 0.3) is 0 Å². The molecule has 0 radical (unpaired) electrons. The van der Waals surface area contributed by atoms with E-state index in [2.05, 4.69) is 19.6 Å². The van der Waals surface area contributed by atoms with Crippen LogP contribution in [0.1, 0.15) is 27.7 Å². The summed E-state index contributed by atoms with van der Waals surface area (Å²) in [6.07, 6.45) is 0. The smallest absolute Gasteiger partial charge is 0.212 e. The summed E-state index contributed by atoms with van der Waals surface area (Å²) in [6.45, 7) is 14.6. The van der Waals surface area contributed by atoms with Crippen molar-refractivity contribution < 1.29 is 8.42 Å². The van der Waals surface area contributed by atoms with E-state index in [1.54, 1.807) is 4.31 Å². The van der Waals surface area contributed by atoms with Gasteiger partial charge >= 0.3 is 0 Å². The summed E-state index contributed by atoms with van der Waals surface area (Å²) in [5, 5.41) is 0. The van der Waals surface area contributed by atoms with Crippen LogP contribution < -0.4 is 0 Å². The van der Waals surface area contributed by atoms with Crippen LogP contribution in [-0.4, -0.2) is 37.6 Å². The van der Waals surface area contributed by atoms with E-state index in [0.717, 1.165) is 6.04 Å². The van der Waals surface area contributed by atoms with Crippen molar-refractivity contribution in [2.24, 2.45) is 0 Å². The monoisotopic (exact) mass is 263 g/mol. The molecule has 0 atom stereocenters. The average Bonchev–Trinajstić information content (AvgIpc) is 2.38. The fraction of sp³-hybridized carbons (Fsp3) is 1.00. The second kappa shape index (κ2) is 3.56. The van der Waals surface area contributed by atoms with Crippen LogP contribution >= 0.6 is 0 Å². The highest BCUT2D eigenvalue weighted by atomic mass is 32.2. The molecular formula is C11H25NO2SSi. The van der Waals surface area contributed by atoms with E-state index in [1.165, 1.54) is 0 Å². The van der Waals surface area contributed by atoms with Crippen LogP contribution in [-0.2, 0) is 10.0 Å². The van der Waals surface area contributed by atoms with Crippen LogP contribution in [0.4, 0.5) is 0 Å². The van der Waals surface area contributed by atoms with Crippen LogP contribution in [0.2, 0.25) is 25.7 Å². The van der Waals surface area contributed by atoms with Gasteiger partial charge in [-0.15, -0.1) is 0 Å². The van der Waals surface area contributed by atoms with Crippen molar-refractivity contribution in [3.63, 3.8) is 0 Å². The third-order valence-electron chi connectivity index (χ3n) is 3.85. The maximum Gasteiger partial charge on any atom is 0.214 e. The molecule has 1 fully saturated rings. The zero-order chi connectivity index (χ0) is 13.0. The summed E-state index contributed by atoms with van der Waals surface area (Å²) in [6, 6.07) is 0.845. The van der Waals surface area contributed by atoms with E-state index >= 15 is 0 Å². The predicted octanol–water partition coefficient (Wildman–Crippen LogP) is 2.53. The van der Waals surface area contributed by atoms with Gasteiger partial charge < -0.3 is 0 Å². The molecule has 5 heteroatoms. The Kier molecular flexibility index (Phi) is 3.16. The number of hydrogen-bond acceptors (Lipinski definition) is 2. The van der Waals surface area contributed by atoms with Gasteiger partial charge in [0.1, 0.15) is 0 Å². The molecular weight excluding hydrogens is 238 g/mol. The van der Waals surface area contributed by atoms with Gasteiger partial charge in [-0.1, -0.05) is 19.6 Å². The standard InChI is InChI=1S/C11H25NO2SSi/c1-10(2)11(3,4)12(10)15(13,14)8-9-16(5,6)7/h8-9H2,1-7H3. The van der Waals surface area contributed by atoms with Gasteiger partial charge in [0, 0.05) is 19.2 Å². The van der Waals surface area contributed by atoms with Gasteiger partial charge in [-0.05, 0) is 33.7 Å². The highest BCUT2D eigenvalue weighted by Gasteiger charge is 2.68. The Labute approximate surface area is 101 Å². The summed E-state index contributed by atoms with van der Waals surface area (Å²) >= 11 is 0. The lowest BCUT2D eigenvalue weighted by molar-refractivity contribution is 0.520. The minimum absolute atomic E-state index is 0.217. The van der Waals surface area contributed by atoms with Crippen LogP contribution in [0, 0.1) is 0 Å². The van der Waals surface area contributed by atoms with Gasteiger partial charge in [-0.2, -0.15) is 4.31 Å². The molecule has 0 saturated carbocycles. The fourth-order valence-electron chi connectivity index (χ4n) is 2.10. The van der Waals surface area contributed by atoms with Crippen molar-refractivity contribution in [3.8, 4) is 0 Å². The molecule has 3 nitrogen and oxygen atoms in total. The van der Waals surface area contributed by atoms with Crippen LogP contribution in [0.15, 0.2) is 0 Å². The molecule has 0 amide bonds. The maximum atomic E-state index is 12.2. The van der Waals surface area contributed by atoms with Gasteiger partial charge in [0.2, 0.25) is 10.0 Å². The first-order valence-corrected chi connectivity index (χ1v) is 11.2. The fourth-order valence-corrected chi connectivity index (χ4v) is 7.56. The SMILES string of the molecule is CC1(C)N(S(=O)(=O)CC[Si](C)(C)C)C1(C)C. The van der Waals surface area contributed by atoms with Gasteiger partial charge in [-0.3, -0.25) is 0 Å². The minimum Gasteiger partial charge on any atom is -0.212 e. The Bertz CT molecular complexity index is 365. The van der Waals surface area contributed by atoms with Crippen molar-refractivity contribution >= 4 is 18.1 Å². The quantitative estimate of drug-likeness (QED) is 0.577. The maximum absolute atomic E-state index is 12.2. The molecule has 0 aromatic heterocycles. The Balaban J connectivity index is 2.76. The molecule has 0 aromatic rings. The highest BCUT2D eigenvalue weighted by Crippen LogP contribution is 2.53. The van der Waals surface area contributed by atoms with Crippen molar-refractivity contribution in [2.45, 2.75) is 64.5 Å². The lowest BCUT2D eigenvalue weighted by atomic mass is 10.0. The summed E-state index contributed by atoms with van der Waals surface area (Å²) in [5.41, 5.74) is -0.434. The number of hydrogen-bond donors (Lipinski definition) is 0. The first-order valence-electron chi connectivity index (χ1n) is 5.86. The van der Waals surface area contributed by atoms with E-state index in [0.29, 0.717) is 5.75 Å². The third kappa shape index (κ3) is 2.36. The van der Waals surface area contributed by atoms with Crippen molar-refractivity contribution in [3.05, 3.63) is 0 Å². The largest absolute Gasteiger partial charge is 0.214 e. The Morgan fingerprint density at radius 2 is 1.38 bits per heavy atom. The Hall–Kier alpha value is 0.127. The molecule has 96 valence electrons. The number of rotatable bonds is 4.